The third kappa shape index (κ3) is 4.65. The molecular weight excluding hydrogens is 490 g/mol. The smallest absolute Gasteiger partial charge is 0.475 e. The second-order valence-electron chi connectivity index (χ2n) is 4.84. The van der Waals surface area contributed by atoms with Crippen molar-refractivity contribution in [3.05, 3.63) is 20.3 Å². The maximum atomic E-state index is 12.0. The van der Waals surface area contributed by atoms with Gasteiger partial charge in [0.1, 0.15) is 0 Å². The summed E-state index contributed by atoms with van der Waals surface area (Å²) in [7, 11) is 1.69. The normalized spacial score (nSPS) is 23.7. The number of alkyl halides is 3. The average Bonchev–Trinajstić information content (AvgIpc) is 2.60. The molecule has 0 aromatic rings. The van der Waals surface area contributed by atoms with Gasteiger partial charge in [0.15, 0.2) is 0 Å². The number of carbonyl (C=O) groups excluding carboxylic acids is 1. The zero-order valence-electron chi connectivity index (χ0n) is 13.0. The van der Waals surface area contributed by atoms with Gasteiger partial charge in [0, 0.05) is 0 Å². The molecule has 0 saturated heterocycles. The number of rotatable bonds is 3. The average molecular weight is 508 g/mol. The second-order valence-corrected chi connectivity index (χ2v) is 6.43. The van der Waals surface area contributed by atoms with E-state index in [1.807, 2.05) is 13.8 Å². The fraction of sp³-hybridized carbons (Fsp3) is 0.571. The van der Waals surface area contributed by atoms with Crippen molar-refractivity contribution in [2.24, 2.45) is 0 Å². The summed E-state index contributed by atoms with van der Waals surface area (Å²) in [5, 5.41) is 7.12. The Morgan fingerprint density at radius 2 is 1.91 bits per heavy atom. The van der Waals surface area contributed by atoms with E-state index in [0.29, 0.717) is 26.1 Å². The first kappa shape index (κ1) is 21.3. The van der Waals surface area contributed by atoms with E-state index >= 15 is 0 Å². The first-order chi connectivity index (χ1) is 9.97. The zero-order chi connectivity index (χ0) is 17.7. The largest absolute Gasteiger partial charge is 0.490 e. The number of carboxylic acid groups (broad SMARTS) is 1. The minimum absolute atomic E-state index is 0.192. The number of ether oxygens (including phenoxy) is 1. The van der Waals surface area contributed by atoms with Crippen molar-refractivity contribution in [3.63, 3.8) is 0 Å². The topological polar surface area (TPSA) is 63.6 Å². The molecule has 0 heterocycles. The van der Waals surface area contributed by atoms with Crippen LogP contribution in [-0.2, 0) is 40.4 Å². The molecule has 0 spiro atoms. The van der Waals surface area contributed by atoms with Gasteiger partial charge in [-0.2, -0.15) is 13.2 Å². The van der Waals surface area contributed by atoms with E-state index in [4.69, 9.17) is 14.6 Å². The Kier molecular flexibility index (Phi) is 7.98. The van der Waals surface area contributed by atoms with Crippen molar-refractivity contribution in [2.75, 3.05) is 7.11 Å². The molecule has 1 N–H and O–H groups in total. The molecular formula is C14H18F3HgO4. The van der Waals surface area contributed by atoms with Gasteiger partial charge in [-0.1, -0.05) is 0 Å². The molecule has 0 saturated carbocycles. The van der Waals surface area contributed by atoms with Gasteiger partial charge >= 0.3 is 120 Å². The summed E-state index contributed by atoms with van der Waals surface area (Å²) in [4.78, 5) is 20.9. The van der Waals surface area contributed by atoms with Crippen LogP contribution < -0.4 is 0 Å². The van der Waals surface area contributed by atoms with Crippen LogP contribution in [0.1, 0.15) is 33.6 Å². The molecule has 0 radical (unpaired) electrons. The first-order valence-electron chi connectivity index (χ1n) is 6.57. The van der Waals surface area contributed by atoms with E-state index in [1.165, 1.54) is 5.57 Å². The molecule has 0 aromatic heterocycles. The molecule has 0 amide bonds. The maximum Gasteiger partial charge on any atom is 0.490 e. The fourth-order valence-corrected chi connectivity index (χ4v) is 4.51. The minimum atomic E-state index is -5.08. The number of halogens is 3. The molecule has 0 aliphatic heterocycles. The monoisotopic (exact) mass is 509 g/mol. The van der Waals surface area contributed by atoms with Crippen LogP contribution in [-0.4, -0.2) is 35.7 Å². The molecule has 1 aliphatic carbocycles. The molecule has 4 nitrogen and oxygen atoms in total. The number of allylic oxidation sites excluding steroid dienone is 1. The molecule has 0 fully saturated rings. The van der Waals surface area contributed by atoms with Gasteiger partial charge < -0.3 is 5.11 Å². The van der Waals surface area contributed by atoms with Crippen LogP contribution in [0, 0.1) is 0 Å². The Bertz CT molecular complexity index is 509. The number of aliphatic carboxylic acids is 1. The zero-order valence-corrected chi connectivity index (χ0v) is 18.5. The van der Waals surface area contributed by atoms with Crippen LogP contribution in [0.5, 0.6) is 0 Å². The summed E-state index contributed by atoms with van der Waals surface area (Å²) < 4.78 is 39.4. The van der Waals surface area contributed by atoms with E-state index < -0.39 is 17.7 Å². The van der Waals surface area contributed by atoms with Gasteiger partial charge in [0.2, 0.25) is 0 Å². The summed E-state index contributed by atoms with van der Waals surface area (Å²) >= 11 is 0.491. The molecule has 0 bridgehead atoms. The third-order valence-corrected chi connectivity index (χ3v) is 5.07. The molecule has 22 heavy (non-hydrogen) atoms. The summed E-state index contributed by atoms with van der Waals surface area (Å²) in [5.41, 5.74) is 2.50. The van der Waals surface area contributed by atoms with Gasteiger partial charge in [-0.05, 0) is 0 Å². The van der Waals surface area contributed by atoms with E-state index in [0.717, 1.165) is 24.0 Å². The van der Waals surface area contributed by atoms with Crippen molar-refractivity contribution < 1.29 is 58.7 Å². The van der Waals surface area contributed by atoms with Crippen LogP contribution >= 0.6 is 0 Å². The molecule has 8 heteroatoms. The van der Waals surface area contributed by atoms with E-state index in [-0.39, 0.29) is 5.78 Å². The van der Waals surface area contributed by atoms with Crippen LogP contribution in [0.4, 0.5) is 13.2 Å². The number of methoxy groups -OCH3 is 1. The van der Waals surface area contributed by atoms with Gasteiger partial charge in [0.25, 0.3) is 0 Å². The van der Waals surface area contributed by atoms with Crippen molar-refractivity contribution >= 4 is 11.8 Å². The standard InChI is InChI=1S/C12H17O2.C2HF3O2.Hg/c1-6-7-10-8(2)11(13)9(3)12(10,4)14-5;3-2(4,5)1(6)7;/h3H,6-7H2,1-2,4-5H3;(H,6,7);. The van der Waals surface area contributed by atoms with Crippen LogP contribution in [0.25, 0.3) is 0 Å². The Morgan fingerprint density at radius 3 is 2.18 bits per heavy atom. The molecule has 1 atom stereocenters. The van der Waals surface area contributed by atoms with Crippen molar-refractivity contribution in [2.45, 2.75) is 45.4 Å². The predicted molar refractivity (Wildman–Crippen MR) is 69.8 cm³/mol. The van der Waals surface area contributed by atoms with E-state index in [9.17, 15) is 18.0 Å². The summed E-state index contributed by atoms with van der Waals surface area (Å²) in [5.74, 6) is -2.56. The molecule has 0 aromatic carbocycles. The Balaban J connectivity index is 0.000000534. The van der Waals surface area contributed by atoms with Crippen LogP contribution in [0.3, 0.4) is 0 Å². The predicted octanol–water partition coefficient (Wildman–Crippen LogP) is 3.15. The number of carboxylic acids is 1. The van der Waals surface area contributed by atoms with Gasteiger partial charge in [0.05, 0.1) is 0 Å². The summed E-state index contributed by atoms with van der Waals surface area (Å²) in [6.07, 6.45) is -3.08. The number of hydrogen-bond acceptors (Lipinski definition) is 3. The molecule has 1 rings (SSSR count). The molecule has 1 aliphatic rings. The Hall–Kier alpha value is -0.695. The van der Waals surface area contributed by atoms with Crippen molar-refractivity contribution in [1.29, 1.82) is 0 Å². The van der Waals surface area contributed by atoms with E-state index in [1.54, 1.807) is 7.11 Å². The number of Topliss-reactive ketones (excluding diaryl/α,β-unsaturated/α-hetero) is 1. The van der Waals surface area contributed by atoms with Gasteiger partial charge in [-0.3, -0.25) is 0 Å². The number of hydrogen-bond donors (Lipinski definition) is 1. The SMILES string of the molecule is CCCC1=C(C)C(=O)/C(=[CH]\[Hg])C1(C)OC.O=C(O)C(F)(F)F. The number of ketones is 1. The molecule has 1 unspecified atom stereocenters. The fourth-order valence-electron chi connectivity index (χ4n) is 2.27. The quantitative estimate of drug-likeness (QED) is 0.471. The Labute approximate surface area is 143 Å². The van der Waals surface area contributed by atoms with Gasteiger partial charge in [-0.25, -0.2) is 4.79 Å². The summed E-state index contributed by atoms with van der Waals surface area (Å²) in [6, 6.07) is 0. The van der Waals surface area contributed by atoms with Crippen LogP contribution in [0.15, 0.2) is 20.3 Å². The minimum Gasteiger partial charge on any atom is -0.475 e. The third-order valence-electron chi connectivity index (χ3n) is 3.48. The van der Waals surface area contributed by atoms with Crippen molar-refractivity contribution in [1.82, 2.24) is 0 Å². The second kappa shape index (κ2) is 8.24. The van der Waals surface area contributed by atoms with Gasteiger partial charge in [-0.15, -0.1) is 0 Å². The van der Waals surface area contributed by atoms with Crippen LogP contribution in [0.2, 0.25) is 0 Å². The number of carbonyl (C=O) groups is 2. The molecule has 121 valence electrons. The van der Waals surface area contributed by atoms with E-state index in [2.05, 4.69) is 10.5 Å². The van der Waals surface area contributed by atoms with Crippen molar-refractivity contribution in [3.8, 4) is 0 Å². The first-order valence-corrected chi connectivity index (χ1v) is 9.74. The Morgan fingerprint density at radius 1 is 1.45 bits per heavy atom. The maximum absolute atomic E-state index is 12.0. The summed E-state index contributed by atoms with van der Waals surface area (Å²) in [6.45, 7) is 6.08.